The maximum absolute atomic E-state index is 6.11. The third-order valence-electron chi connectivity index (χ3n) is 4.18. The lowest BCUT2D eigenvalue weighted by molar-refractivity contribution is -0.0612. The average molecular weight is 306 g/mol. The van der Waals surface area contributed by atoms with Gasteiger partial charge in [0.25, 0.3) is 0 Å². The van der Waals surface area contributed by atoms with E-state index >= 15 is 0 Å². The normalized spacial score (nSPS) is 20.5. The molecule has 2 aliphatic rings. The Kier molecular flexibility index (Phi) is 3.10. The smallest absolute Gasteiger partial charge is 0.223 e. The molecule has 21 heavy (non-hydrogen) atoms. The first-order valence-electron chi connectivity index (χ1n) is 7.03. The van der Waals surface area contributed by atoms with E-state index in [9.17, 15) is 0 Å². The molecule has 2 aromatic rings. The first-order chi connectivity index (χ1) is 10.2. The quantitative estimate of drug-likeness (QED) is 0.825. The zero-order chi connectivity index (χ0) is 14.4. The lowest BCUT2D eigenvalue weighted by Crippen LogP contribution is -2.50. The van der Waals surface area contributed by atoms with Crippen LogP contribution in [0.25, 0.3) is 16.6 Å². The Morgan fingerprint density at radius 3 is 2.90 bits per heavy atom. The fourth-order valence-electron chi connectivity index (χ4n) is 2.86. The number of aromatic nitrogens is 3. The molecular formula is C14H16ClN5O. The van der Waals surface area contributed by atoms with Crippen LogP contribution < -0.4 is 5.73 Å². The van der Waals surface area contributed by atoms with Crippen LogP contribution in [0.3, 0.4) is 0 Å². The van der Waals surface area contributed by atoms with E-state index in [0.717, 1.165) is 43.8 Å². The number of fused-ring (bicyclic) bond motifs is 1. The number of hydrogen-bond donors (Lipinski definition) is 2. The highest BCUT2D eigenvalue weighted by Crippen LogP contribution is 2.29. The number of anilines is 1. The highest BCUT2D eigenvalue weighted by molar-refractivity contribution is 6.34. The van der Waals surface area contributed by atoms with Crippen molar-refractivity contribution in [2.45, 2.75) is 12.5 Å². The van der Waals surface area contributed by atoms with Gasteiger partial charge in [0.15, 0.2) is 0 Å². The van der Waals surface area contributed by atoms with Crippen molar-refractivity contribution < 1.29 is 4.74 Å². The van der Waals surface area contributed by atoms with E-state index in [2.05, 4.69) is 25.9 Å². The highest BCUT2D eigenvalue weighted by atomic mass is 35.5. The summed E-state index contributed by atoms with van der Waals surface area (Å²) in [5, 5.41) is 1.21. The number of halogens is 1. The van der Waals surface area contributed by atoms with E-state index < -0.39 is 0 Å². The number of nitrogen functional groups attached to an aromatic ring is 1. The summed E-state index contributed by atoms with van der Waals surface area (Å²) in [6.07, 6.45) is 3.26. The van der Waals surface area contributed by atoms with Gasteiger partial charge in [0.1, 0.15) is 10.8 Å². The first kappa shape index (κ1) is 13.1. The van der Waals surface area contributed by atoms with Crippen LogP contribution in [0.2, 0.25) is 5.15 Å². The Morgan fingerprint density at radius 1 is 1.38 bits per heavy atom. The van der Waals surface area contributed by atoms with Gasteiger partial charge in [-0.3, -0.25) is 4.90 Å². The van der Waals surface area contributed by atoms with Gasteiger partial charge in [0.2, 0.25) is 5.95 Å². The van der Waals surface area contributed by atoms with Crippen LogP contribution in [0.4, 0.5) is 5.95 Å². The molecule has 0 bridgehead atoms. The molecule has 6 nitrogen and oxygen atoms in total. The van der Waals surface area contributed by atoms with Gasteiger partial charge in [-0.1, -0.05) is 17.7 Å². The van der Waals surface area contributed by atoms with Gasteiger partial charge in [-0.15, -0.1) is 0 Å². The van der Waals surface area contributed by atoms with Crippen molar-refractivity contribution in [3.05, 3.63) is 23.0 Å². The van der Waals surface area contributed by atoms with E-state index in [-0.39, 0.29) is 5.95 Å². The van der Waals surface area contributed by atoms with Gasteiger partial charge >= 0.3 is 0 Å². The van der Waals surface area contributed by atoms with Crippen molar-refractivity contribution in [1.29, 1.82) is 0 Å². The predicted octanol–water partition coefficient (Wildman–Crippen LogP) is 1.68. The van der Waals surface area contributed by atoms with Crippen LogP contribution in [0.15, 0.2) is 12.1 Å². The maximum atomic E-state index is 6.11. The average Bonchev–Trinajstić information content (AvgIpc) is 2.81. The van der Waals surface area contributed by atoms with Gasteiger partial charge in [-0.05, 0) is 18.1 Å². The standard InChI is InChI=1S/C14H16ClN5O/c15-12-10-5-11(17-13(10)19-14(16)18-12)8-1-3-20(4-2-8)9-6-21-7-9/h1,5,9H,2-4,6-7H2,(H3,16,17,18,19). The first-order valence-corrected chi connectivity index (χ1v) is 7.41. The summed E-state index contributed by atoms with van der Waals surface area (Å²) in [7, 11) is 0. The van der Waals surface area contributed by atoms with E-state index in [0.29, 0.717) is 16.8 Å². The molecule has 0 saturated carbocycles. The molecule has 0 radical (unpaired) electrons. The summed E-state index contributed by atoms with van der Waals surface area (Å²) in [4.78, 5) is 13.9. The molecular weight excluding hydrogens is 290 g/mol. The minimum absolute atomic E-state index is 0.190. The molecule has 0 amide bonds. The molecule has 1 saturated heterocycles. The summed E-state index contributed by atoms with van der Waals surface area (Å²) < 4.78 is 5.25. The summed E-state index contributed by atoms with van der Waals surface area (Å²) >= 11 is 6.11. The molecule has 4 heterocycles. The monoisotopic (exact) mass is 305 g/mol. The number of nitrogens with two attached hydrogens (primary N) is 1. The summed E-state index contributed by atoms with van der Waals surface area (Å²) in [5.41, 5.74) is 8.66. The Labute approximate surface area is 126 Å². The number of hydrogen-bond acceptors (Lipinski definition) is 5. The molecule has 0 spiro atoms. The Balaban J connectivity index is 1.61. The number of H-pyrrole nitrogens is 1. The van der Waals surface area contributed by atoms with Crippen LogP contribution in [-0.2, 0) is 4.74 Å². The molecule has 2 aliphatic heterocycles. The van der Waals surface area contributed by atoms with Crippen molar-refractivity contribution in [3.8, 4) is 0 Å². The van der Waals surface area contributed by atoms with Gasteiger partial charge in [0.05, 0.1) is 24.6 Å². The molecule has 1 fully saturated rings. The summed E-state index contributed by atoms with van der Waals surface area (Å²) in [6, 6.07) is 2.59. The van der Waals surface area contributed by atoms with Gasteiger partial charge < -0.3 is 15.5 Å². The van der Waals surface area contributed by atoms with Crippen molar-refractivity contribution in [2.24, 2.45) is 0 Å². The van der Waals surface area contributed by atoms with Gasteiger partial charge in [-0.2, -0.15) is 4.98 Å². The Hall–Kier alpha value is -1.63. The topological polar surface area (TPSA) is 80.1 Å². The molecule has 0 aliphatic carbocycles. The lowest BCUT2D eigenvalue weighted by Gasteiger charge is -2.38. The maximum Gasteiger partial charge on any atom is 0.223 e. The third-order valence-corrected chi connectivity index (χ3v) is 4.47. The zero-order valence-electron chi connectivity index (χ0n) is 11.5. The second-order valence-electron chi connectivity index (χ2n) is 5.48. The van der Waals surface area contributed by atoms with Crippen LogP contribution in [0.5, 0.6) is 0 Å². The minimum atomic E-state index is 0.190. The predicted molar refractivity (Wildman–Crippen MR) is 82.1 cm³/mol. The zero-order valence-corrected chi connectivity index (χ0v) is 12.2. The fourth-order valence-corrected chi connectivity index (χ4v) is 3.09. The summed E-state index contributed by atoms with van der Waals surface area (Å²) in [5.74, 6) is 0.190. The molecule has 2 aromatic heterocycles. The SMILES string of the molecule is Nc1nc(Cl)c2cc(C3=CCN(C4COC4)CC3)[nH]c2n1. The fraction of sp³-hybridized carbons (Fsp3) is 0.429. The van der Waals surface area contributed by atoms with Crippen molar-refractivity contribution in [1.82, 2.24) is 19.9 Å². The van der Waals surface area contributed by atoms with Crippen LogP contribution in [-0.4, -0.2) is 52.2 Å². The number of nitrogens with one attached hydrogen (secondary N) is 1. The Morgan fingerprint density at radius 2 is 2.24 bits per heavy atom. The van der Waals surface area contributed by atoms with Gasteiger partial charge in [-0.25, -0.2) is 4.98 Å². The minimum Gasteiger partial charge on any atom is -0.378 e. The molecule has 110 valence electrons. The van der Waals surface area contributed by atoms with Crippen LogP contribution in [0.1, 0.15) is 12.1 Å². The molecule has 4 rings (SSSR count). The number of ether oxygens (including phenoxy) is 1. The summed E-state index contributed by atoms with van der Waals surface area (Å²) in [6.45, 7) is 3.73. The number of rotatable bonds is 2. The second-order valence-corrected chi connectivity index (χ2v) is 5.84. The Bertz CT molecular complexity index is 721. The van der Waals surface area contributed by atoms with E-state index in [4.69, 9.17) is 22.1 Å². The highest BCUT2D eigenvalue weighted by Gasteiger charge is 2.27. The van der Waals surface area contributed by atoms with E-state index in [1.165, 1.54) is 5.57 Å². The number of nitrogens with zero attached hydrogens (tertiary/aromatic N) is 3. The van der Waals surface area contributed by atoms with Crippen LogP contribution >= 0.6 is 11.6 Å². The molecule has 0 unspecified atom stereocenters. The second kappa shape index (κ2) is 4.98. The lowest BCUT2D eigenvalue weighted by atomic mass is 10.0. The third kappa shape index (κ3) is 2.29. The van der Waals surface area contributed by atoms with Crippen molar-refractivity contribution >= 4 is 34.2 Å². The molecule has 0 atom stereocenters. The van der Waals surface area contributed by atoms with Crippen molar-refractivity contribution in [3.63, 3.8) is 0 Å². The largest absolute Gasteiger partial charge is 0.378 e. The van der Waals surface area contributed by atoms with Crippen LogP contribution in [0, 0.1) is 0 Å². The number of aromatic amines is 1. The molecule has 7 heteroatoms. The molecule has 3 N–H and O–H groups in total. The molecule has 0 aromatic carbocycles. The van der Waals surface area contributed by atoms with E-state index in [1.54, 1.807) is 0 Å². The van der Waals surface area contributed by atoms with E-state index in [1.807, 2.05) is 6.07 Å². The van der Waals surface area contributed by atoms with Crippen molar-refractivity contribution in [2.75, 3.05) is 32.0 Å². The van der Waals surface area contributed by atoms with Gasteiger partial charge in [0, 0.05) is 18.8 Å².